The fraction of sp³-hybridized carbons (Fsp3) is 0.161. The van der Waals surface area contributed by atoms with Gasteiger partial charge in [-0.15, -0.1) is 0 Å². The fourth-order valence-electron chi connectivity index (χ4n) is 4.67. The van der Waals surface area contributed by atoms with Crippen LogP contribution in [0.15, 0.2) is 91.1 Å². The van der Waals surface area contributed by atoms with Crippen molar-refractivity contribution in [3.05, 3.63) is 114 Å². The van der Waals surface area contributed by atoms with Gasteiger partial charge in [-0.25, -0.2) is 4.98 Å². The van der Waals surface area contributed by atoms with Crippen LogP contribution in [0.5, 0.6) is 11.6 Å². The second-order valence-electron chi connectivity index (χ2n) is 9.17. The summed E-state index contributed by atoms with van der Waals surface area (Å²) >= 11 is 0. The van der Waals surface area contributed by atoms with E-state index in [1.807, 2.05) is 89.8 Å². The number of ether oxygens (including phenoxy) is 2. The van der Waals surface area contributed by atoms with Crippen LogP contribution in [-0.2, 0) is 19.6 Å². The standard InChI is InChI=1S/C31H26N4O3/c1-37-30-26-15-16-35(31(36)22-13-11-21(12-14-22)20-38-25-8-3-2-4-9-25)19-28(26)33-29(34-30)24-17-23-7-5-6-10-27(23)32-18-24/h2-14,17-18H,15-16,19-20H2,1H3. The lowest BCUT2D eigenvalue weighted by molar-refractivity contribution is 0.0730. The molecule has 5 aromatic rings. The number of nitrogens with zero attached hydrogens (tertiary/aromatic N) is 4. The number of carbonyl (C=O) groups is 1. The molecule has 0 bridgehead atoms. The Balaban J connectivity index is 1.21. The predicted octanol–water partition coefficient (Wildman–Crippen LogP) is 5.48. The summed E-state index contributed by atoms with van der Waals surface area (Å²) < 4.78 is 11.4. The Hall–Kier alpha value is -4.78. The number of pyridine rings is 1. The quantitative estimate of drug-likeness (QED) is 0.306. The van der Waals surface area contributed by atoms with Crippen LogP contribution in [0.2, 0.25) is 0 Å². The monoisotopic (exact) mass is 502 g/mol. The third-order valence-electron chi connectivity index (χ3n) is 6.71. The Bertz CT molecular complexity index is 1600. The van der Waals surface area contributed by atoms with Gasteiger partial charge in [-0.2, -0.15) is 4.98 Å². The summed E-state index contributed by atoms with van der Waals surface area (Å²) in [6, 6.07) is 27.2. The van der Waals surface area contributed by atoms with E-state index in [4.69, 9.17) is 14.5 Å². The maximum Gasteiger partial charge on any atom is 0.254 e. The molecule has 0 aliphatic carbocycles. The Morgan fingerprint density at radius 3 is 2.55 bits per heavy atom. The van der Waals surface area contributed by atoms with Crippen LogP contribution in [0, 0.1) is 0 Å². The van der Waals surface area contributed by atoms with E-state index in [-0.39, 0.29) is 5.91 Å². The number of para-hydroxylation sites is 2. The van der Waals surface area contributed by atoms with Crippen LogP contribution < -0.4 is 9.47 Å². The number of carbonyl (C=O) groups excluding carboxylic acids is 1. The van der Waals surface area contributed by atoms with Crippen LogP contribution in [0.1, 0.15) is 27.2 Å². The van der Waals surface area contributed by atoms with Crippen LogP contribution in [0.25, 0.3) is 22.3 Å². The molecule has 188 valence electrons. The van der Waals surface area contributed by atoms with Gasteiger partial charge in [-0.3, -0.25) is 9.78 Å². The number of benzene rings is 3. The average molecular weight is 503 g/mol. The molecule has 1 aliphatic heterocycles. The lowest BCUT2D eigenvalue weighted by Gasteiger charge is -2.29. The van der Waals surface area contributed by atoms with Gasteiger partial charge in [0.1, 0.15) is 12.4 Å². The molecule has 0 saturated carbocycles. The van der Waals surface area contributed by atoms with E-state index in [9.17, 15) is 4.79 Å². The van der Waals surface area contributed by atoms with E-state index in [0.717, 1.165) is 39.0 Å². The van der Waals surface area contributed by atoms with Crippen molar-refractivity contribution in [1.82, 2.24) is 19.9 Å². The molecule has 0 saturated heterocycles. The van der Waals surface area contributed by atoms with E-state index in [0.29, 0.717) is 43.4 Å². The number of methoxy groups -OCH3 is 1. The maximum atomic E-state index is 13.4. The SMILES string of the molecule is COc1nc(-c2cnc3ccccc3c2)nc2c1CCN(C(=O)c1ccc(COc3ccccc3)cc1)C2. The first-order valence-corrected chi connectivity index (χ1v) is 12.5. The summed E-state index contributed by atoms with van der Waals surface area (Å²) in [6.45, 7) is 1.40. The van der Waals surface area contributed by atoms with Crippen molar-refractivity contribution in [2.75, 3.05) is 13.7 Å². The minimum absolute atomic E-state index is 0.0299. The largest absolute Gasteiger partial charge is 0.489 e. The first-order chi connectivity index (χ1) is 18.7. The van der Waals surface area contributed by atoms with Crippen LogP contribution in [-0.4, -0.2) is 39.4 Å². The highest BCUT2D eigenvalue weighted by Gasteiger charge is 2.27. The number of amides is 1. The van der Waals surface area contributed by atoms with Gasteiger partial charge in [-0.1, -0.05) is 48.5 Å². The molecule has 38 heavy (non-hydrogen) atoms. The molecule has 3 heterocycles. The minimum Gasteiger partial charge on any atom is -0.489 e. The molecule has 0 atom stereocenters. The molecular weight excluding hydrogens is 476 g/mol. The number of fused-ring (bicyclic) bond motifs is 2. The van der Waals surface area contributed by atoms with Crippen molar-refractivity contribution in [3.8, 4) is 23.0 Å². The number of aromatic nitrogens is 3. The molecular formula is C31H26N4O3. The van der Waals surface area contributed by atoms with Crippen molar-refractivity contribution in [3.63, 3.8) is 0 Å². The molecule has 1 aliphatic rings. The number of hydrogen-bond acceptors (Lipinski definition) is 6. The highest BCUT2D eigenvalue weighted by molar-refractivity contribution is 5.94. The van der Waals surface area contributed by atoms with Gasteiger partial charge in [0, 0.05) is 34.8 Å². The van der Waals surface area contributed by atoms with E-state index in [1.165, 1.54) is 0 Å². The second kappa shape index (κ2) is 10.3. The molecule has 0 spiro atoms. The summed E-state index contributed by atoms with van der Waals surface area (Å²) in [7, 11) is 1.62. The molecule has 6 rings (SSSR count). The molecule has 0 fully saturated rings. The second-order valence-corrected chi connectivity index (χ2v) is 9.17. The average Bonchev–Trinajstić information content (AvgIpc) is 2.99. The zero-order chi connectivity index (χ0) is 25.9. The van der Waals surface area contributed by atoms with Crippen molar-refractivity contribution >= 4 is 16.8 Å². The highest BCUT2D eigenvalue weighted by atomic mass is 16.5. The molecule has 3 aromatic carbocycles. The van der Waals surface area contributed by atoms with Gasteiger partial charge >= 0.3 is 0 Å². The maximum absolute atomic E-state index is 13.4. The molecule has 2 aromatic heterocycles. The lowest BCUT2D eigenvalue weighted by Crippen LogP contribution is -2.36. The zero-order valence-corrected chi connectivity index (χ0v) is 21.0. The molecule has 7 heteroatoms. The van der Waals surface area contributed by atoms with Crippen molar-refractivity contribution in [2.45, 2.75) is 19.6 Å². The van der Waals surface area contributed by atoms with Crippen molar-refractivity contribution < 1.29 is 14.3 Å². The van der Waals surface area contributed by atoms with E-state index < -0.39 is 0 Å². The van der Waals surface area contributed by atoms with Crippen LogP contribution in [0.4, 0.5) is 0 Å². The first-order valence-electron chi connectivity index (χ1n) is 12.5. The van der Waals surface area contributed by atoms with Crippen molar-refractivity contribution in [2.24, 2.45) is 0 Å². The summed E-state index contributed by atoms with van der Waals surface area (Å²) in [5.41, 5.74) is 5.10. The smallest absolute Gasteiger partial charge is 0.254 e. The zero-order valence-electron chi connectivity index (χ0n) is 21.0. The Morgan fingerprint density at radius 1 is 0.947 bits per heavy atom. The normalized spacial score (nSPS) is 12.7. The lowest BCUT2D eigenvalue weighted by atomic mass is 10.0. The van der Waals surface area contributed by atoms with Gasteiger partial charge in [0.25, 0.3) is 5.91 Å². The Kier molecular flexibility index (Phi) is 6.40. The molecule has 0 radical (unpaired) electrons. The van der Waals surface area contributed by atoms with E-state index in [2.05, 4.69) is 9.97 Å². The topological polar surface area (TPSA) is 77.4 Å². The molecule has 1 amide bonds. The van der Waals surface area contributed by atoms with Crippen molar-refractivity contribution in [1.29, 1.82) is 0 Å². The van der Waals surface area contributed by atoms with Gasteiger partial charge in [0.05, 0.1) is 24.9 Å². The molecule has 0 N–H and O–H groups in total. The van der Waals surface area contributed by atoms with Crippen LogP contribution >= 0.6 is 0 Å². The van der Waals surface area contributed by atoms with Gasteiger partial charge < -0.3 is 14.4 Å². The van der Waals surface area contributed by atoms with E-state index in [1.54, 1.807) is 13.3 Å². The molecule has 7 nitrogen and oxygen atoms in total. The molecule has 0 unspecified atom stereocenters. The van der Waals surface area contributed by atoms with Gasteiger partial charge in [-0.05, 0) is 48.4 Å². The Labute approximate surface area is 220 Å². The summed E-state index contributed by atoms with van der Waals surface area (Å²) in [4.78, 5) is 29.3. The van der Waals surface area contributed by atoms with Crippen LogP contribution in [0.3, 0.4) is 0 Å². The first kappa shape index (κ1) is 23.6. The number of rotatable bonds is 6. The fourth-order valence-corrected chi connectivity index (χ4v) is 4.67. The third-order valence-corrected chi connectivity index (χ3v) is 6.71. The highest BCUT2D eigenvalue weighted by Crippen LogP contribution is 2.30. The minimum atomic E-state index is -0.0299. The number of hydrogen-bond donors (Lipinski definition) is 0. The summed E-state index contributed by atoms with van der Waals surface area (Å²) in [5, 5.41) is 1.01. The van der Waals surface area contributed by atoms with Gasteiger partial charge in [0.2, 0.25) is 5.88 Å². The third kappa shape index (κ3) is 4.78. The van der Waals surface area contributed by atoms with Gasteiger partial charge in [0.15, 0.2) is 5.82 Å². The van der Waals surface area contributed by atoms with E-state index >= 15 is 0 Å². The summed E-state index contributed by atoms with van der Waals surface area (Å²) in [6.07, 6.45) is 2.40. The predicted molar refractivity (Wildman–Crippen MR) is 145 cm³/mol. The summed E-state index contributed by atoms with van der Waals surface area (Å²) in [5.74, 6) is 1.87. The Morgan fingerprint density at radius 2 is 1.74 bits per heavy atom.